The molecule has 0 unspecified atom stereocenters. The molecule has 0 aliphatic carbocycles. The van der Waals surface area contributed by atoms with Crippen molar-refractivity contribution < 1.29 is 4.79 Å². The Hall–Kier alpha value is -2.47. The number of aromatic nitrogens is 2. The van der Waals surface area contributed by atoms with Crippen LogP contribution in [-0.2, 0) is 11.3 Å². The Morgan fingerprint density at radius 2 is 1.86 bits per heavy atom. The number of likely N-dealkylation sites (tertiary alicyclic amines) is 1. The van der Waals surface area contributed by atoms with E-state index >= 15 is 0 Å². The van der Waals surface area contributed by atoms with Crippen LogP contribution in [0.1, 0.15) is 25.1 Å². The summed E-state index contributed by atoms with van der Waals surface area (Å²) in [6, 6.07) is 9.91. The van der Waals surface area contributed by atoms with Gasteiger partial charge in [0.05, 0.1) is 11.7 Å². The van der Waals surface area contributed by atoms with Crippen molar-refractivity contribution in [2.45, 2.75) is 33.7 Å². The van der Waals surface area contributed by atoms with Crippen LogP contribution in [0.3, 0.4) is 0 Å². The second-order valence-corrected chi connectivity index (χ2v) is 9.21. The molecule has 1 aliphatic heterocycles. The predicted octanol–water partition coefficient (Wildman–Crippen LogP) is 3.94. The maximum absolute atomic E-state index is 13.2. The number of carbonyl (C=O) groups is 1. The van der Waals surface area contributed by atoms with Gasteiger partial charge in [-0.05, 0) is 30.7 Å². The van der Waals surface area contributed by atoms with Crippen molar-refractivity contribution in [3.8, 4) is 11.1 Å². The molecular weight excluding hydrogens is 370 g/mol. The molecule has 0 radical (unpaired) electrons. The molecule has 1 aliphatic rings. The van der Waals surface area contributed by atoms with Crippen molar-refractivity contribution in [2.24, 2.45) is 11.8 Å². The summed E-state index contributed by atoms with van der Waals surface area (Å²) in [7, 11) is 0. The van der Waals surface area contributed by atoms with E-state index in [-0.39, 0.29) is 18.0 Å². The zero-order chi connectivity index (χ0) is 19.8. The minimum absolute atomic E-state index is 0.00476. The fraction of sp³-hybridized carbons (Fsp3) is 0.409. The van der Waals surface area contributed by atoms with E-state index < -0.39 is 0 Å². The van der Waals surface area contributed by atoms with Gasteiger partial charge in [0.2, 0.25) is 5.91 Å². The summed E-state index contributed by atoms with van der Waals surface area (Å²) < 4.78 is 1.47. The second kappa shape index (κ2) is 7.51. The first kappa shape index (κ1) is 18.9. The SMILES string of the molecule is Cc1sc2ncn(CC(=O)N3C[C@@H](C)C[C@H](C)C3)c(=O)c2c1-c1ccccc1. The summed E-state index contributed by atoms with van der Waals surface area (Å²) in [4.78, 5) is 34.3. The Morgan fingerprint density at radius 3 is 2.54 bits per heavy atom. The molecule has 1 saturated heterocycles. The second-order valence-electron chi connectivity index (χ2n) is 8.00. The Labute approximate surface area is 168 Å². The minimum Gasteiger partial charge on any atom is -0.341 e. The van der Waals surface area contributed by atoms with Crippen LogP contribution in [0.2, 0.25) is 0 Å². The van der Waals surface area contributed by atoms with Crippen molar-refractivity contribution in [1.82, 2.24) is 14.5 Å². The van der Waals surface area contributed by atoms with E-state index in [1.807, 2.05) is 42.2 Å². The van der Waals surface area contributed by atoms with E-state index in [2.05, 4.69) is 18.8 Å². The highest BCUT2D eigenvalue weighted by molar-refractivity contribution is 7.19. The summed E-state index contributed by atoms with van der Waals surface area (Å²) in [5.41, 5.74) is 1.80. The predicted molar refractivity (Wildman–Crippen MR) is 114 cm³/mol. The largest absolute Gasteiger partial charge is 0.341 e. The van der Waals surface area contributed by atoms with Crippen LogP contribution < -0.4 is 5.56 Å². The van der Waals surface area contributed by atoms with Crippen LogP contribution >= 0.6 is 11.3 Å². The molecule has 146 valence electrons. The molecule has 6 heteroatoms. The number of aryl methyl sites for hydroxylation is 1. The van der Waals surface area contributed by atoms with E-state index in [0.29, 0.717) is 17.2 Å². The number of hydrogen-bond donors (Lipinski definition) is 0. The number of hydrogen-bond acceptors (Lipinski definition) is 4. The first-order valence-electron chi connectivity index (χ1n) is 9.75. The van der Waals surface area contributed by atoms with Crippen molar-refractivity contribution in [3.05, 3.63) is 51.9 Å². The smallest absolute Gasteiger partial charge is 0.263 e. The first-order chi connectivity index (χ1) is 13.4. The maximum atomic E-state index is 13.2. The number of rotatable bonds is 3. The van der Waals surface area contributed by atoms with E-state index in [1.165, 1.54) is 22.2 Å². The Bertz CT molecular complexity index is 1060. The van der Waals surface area contributed by atoms with E-state index in [9.17, 15) is 9.59 Å². The topological polar surface area (TPSA) is 55.2 Å². The van der Waals surface area contributed by atoms with Crippen LogP contribution in [0.25, 0.3) is 21.3 Å². The third-order valence-electron chi connectivity index (χ3n) is 5.44. The highest BCUT2D eigenvalue weighted by atomic mass is 32.1. The number of benzene rings is 1. The van der Waals surface area contributed by atoms with Gasteiger partial charge in [0.15, 0.2) is 0 Å². The van der Waals surface area contributed by atoms with Crippen LogP contribution in [0.15, 0.2) is 41.5 Å². The third kappa shape index (κ3) is 3.49. The molecule has 1 fully saturated rings. The maximum Gasteiger partial charge on any atom is 0.263 e. The summed E-state index contributed by atoms with van der Waals surface area (Å²) >= 11 is 1.52. The molecule has 4 rings (SSSR count). The van der Waals surface area contributed by atoms with Crippen LogP contribution in [0.5, 0.6) is 0 Å². The van der Waals surface area contributed by atoms with Crippen LogP contribution in [0.4, 0.5) is 0 Å². The molecule has 2 aromatic heterocycles. The summed E-state index contributed by atoms with van der Waals surface area (Å²) in [6.07, 6.45) is 2.66. The van der Waals surface area contributed by atoms with Gasteiger partial charge in [0, 0.05) is 23.5 Å². The van der Waals surface area contributed by atoms with Gasteiger partial charge in [0.25, 0.3) is 5.56 Å². The molecule has 5 nitrogen and oxygen atoms in total. The standard InChI is InChI=1S/C22H25N3O2S/c1-14-9-15(2)11-24(10-14)18(26)12-25-13-23-21-20(22(25)27)19(16(3)28-21)17-7-5-4-6-8-17/h4-8,13-15H,9-12H2,1-3H3/t14-,15-/m0/s1. The molecule has 28 heavy (non-hydrogen) atoms. The molecule has 0 spiro atoms. The molecule has 0 N–H and O–H groups in total. The van der Waals surface area contributed by atoms with Gasteiger partial charge in [-0.1, -0.05) is 44.2 Å². The average molecular weight is 396 g/mol. The van der Waals surface area contributed by atoms with Gasteiger partial charge >= 0.3 is 0 Å². The van der Waals surface area contributed by atoms with Gasteiger partial charge in [-0.15, -0.1) is 11.3 Å². The monoisotopic (exact) mass is 395 g/mol. The van der Waals surface area contributed by atoms with Gasteiger partial charge in [-0.3, -0.25) is 14.2 Å². The molecule has 1 aromatic carbocycles. The number of amides is 1. The lowest BCUT2D eigenvalue weighted by molar-refractivity contribution is -0.134. The highest BCUT2D eigenvalue weighted by Crippen LogP contribution is 2.35. The molecule has 0 bridgehead atoms. The molecule has 3 heterocycles. The summed E-state index contributed by atoms with van der Waals surface area (Å²) in [5.74, 6) is 0.985. The van der Waals surface area contributed by atoms with Crippen LogP contribution in [0, 0.1) is 18.8 Å². The van der Waals surface area contributed by atoms with Gasteiger partial charge in [-0.25, -0.2) is 4.98 Å². The average Bonchev–Trinajstić information content (AvgIpc) is 3.00. The van der Waals surface area contributed by atoms with E-state index in [0.717, 1.165) is 40.3 Å². The van der Waals surface area contributed by atoms with Gasteiger partial charge in [0.1, 0.15) is 11.4 Å². The fourth-order valence-corrected chi connectivity index (χ4v) is 5.32. The van der Waals surface area contributed by atoms with Crippen molar-refractivity contribution in [3.63, 3.8) is 0 Å². The van der Waals surface area contributed by atoms with Crippen molar-refractivity contribution in [1.29, 1.82) is 0 Å². The third-order valence-corrected chi connectivity index (χ3v) is 6.46. The molecule has 1 amide bonds. The number of thiophene rings is 1. The molecule has 0 saturated carbocycles. The van der Waals surface area contributed by atoms with Crippen molar-refractivity contribution in [2.75, 3.05) is 13.1 Å². The lowest BCUT2D eigenvalue weighted by atomic mass is 9.92. The fourth-order valence-electron chi connectivity index (χ4n) is 4.31. The number of nitrogens with zero attached hydrogens (tertiary/aromatic N) is 3. The number of fused-ring (bicyclic) bond motifs is 1. The quantitative estimate of drug-likeness (QED) is 0.675. The number of piperidine rings is 1. The summed E-state index contributed by atoms with van der Waals surface area (Å²) in [6.45, 7) is 7.94. The molecular formula is C22H25N3O2S. The minimum atomic E-state index is -0.139. The van der Waals surface area contributed by atoms with E-state index in [4.69, 9.17) is 0 Å². The van der Waals surface area contributed by atoms with Crippen LogP contribution in [-0.4, -0.2) is 33.4 Å². The van der Waals surface area contributed by atoms with E-state index in [1.54, 1.807) is 0 Å². The normalized spacial score (nSPS) is 19.9. The molecule has 2 atom stereocenters. The Morgan fingerprint density at radius 1 is 1.18 bits per heavy atom. The first-order valence-corrected chi connectivity index (χ1v) is 10.6. The zero-order valence-electron chi connectivity index (χ0n) is 16.5. The summed E-state index contributed by atoms with van der Waals surface area (Å²) in [5, 5.41) is 0.615. The van der Waals surface area contributed by atoms with Crippen molar-refractivity contribution >= 4 is 27.5 Å². The Balaban J connectivity index is 1.70. The van der Waals surface area contributed by atoms with Gasteiger partial charge in [-0.2, -0.15) is 0 Å². The highest BCUT2D eigenvalue weighted by Gasteiger charge is 2.26. The zero-order valence-corrected chi connectivity index (χ0v) is 17.3. The molecule has 3 aromatic rings. The Kier molecular flexibility index (Phi) is 5.06. The number of carbonyl (C=O) groups excluding carboxylic acids is 1. The van der Waals surface area contributed by atoms with Gasteiger partial charge < -0.3 is 4.90 Å². The lowest BCUT2D eigenvalue weighted by Crippen LogP contribution is -2.44. The lowest BCUT2D eigenvalue weighted by Gasteiger charge is -2.35.